The highest BCUT2D eigenvalue weighted by molar-refractivity contribution is 6.15. The highest BCUT2D eigenvalue weighted by Gasteiger charge is 2.15. The summed E-state index contributed by atoms with van der Waals surface area (Å²) in [5.74, 6) is 0.699. The zero-order valence-electron chi connectivity index (χ0n) is 25.5. The predicted octanol–water partition coefficient (Wildman–Crippen LogP) is 11.9. The molecule has 9 aromatic rings. The number of furan rings is 1. The zero-order chi connectivity index (χ0) is 31.2. The fraction of sp³-hybridized carbons (Fsp3) is 0. The summed E-state index contributed by atoms with van der Waals surface area (Å²) < 4.78 is 6.57. The van der Waals surface area contributed by atoms with Crippen molar-refractivity contribution in [1.29, 1.82) is 0 Å². The highest BCUT2D eigenvalue weighted by Crippen LogP contribution is 2.38. The van der Waals surface area contributed by atoms with E-state index in [9.17, 15) is 0 Å². The van der Waals surface area contributed by atoms with Crippen LogP contribution in [0.5, 0.6) is 0 Å². The minimum absolute atomic E-state index is 0.699. The van der Waals surface area contributed by atoms with Gasteiger partial charge in [0.15, 0.2) is 5.82 Å². The third-order valence-electron chi connectivity index (χ3n) is 8.86. The average Bonchev–Trinajstić information content (AvgIpc) is 3.54. The maximum Gasteiger partial charge on any atom is 0.160 e. The van der Waals surface area contributed by atoms with Crippen molar-refractivity contribution in [2.45, 2.75) is 0 Å². The highest BCUT2D eigenvalue weighted by atomic mass is 16.3. The predicted molar refractivity (Wildman–Crippen MR) is 194 cm³/mol. The molecule has 3 heteroatoms. The molecular formula is C44H28N2O. The van der Waals surface area contributed by atoms with Gasteiger partial charge in [-0.2, -0.15) is 0 Å². The minimum Gasteiger partial charge on any atom is -0.455 e. The standard InChI is InChI=1S/C44H28N2O/c1-4-12-29(13-5-1)34-24-35(33-21-22-38-39-23-20-30-14-10-11-19-37(30)43(39)47-42(38)27-33)26-36(25-34)41-28-40(31-15-6-2-7-16-31)45-44(46-41)32-17-8-3-9-18-32/h1-28H. The van der Waals surface area contributed by atoms with Gasteiger partial charge in [0.05, 0.1) is 11.4 Å². The van der Waals surface area contributed by atoms with Gasteiger partial charge in [-0.1, -0.05) is 127 Å². The first-order valence-corrected chi connectivity index (χ1v) is 15.8. The molecule has 0 saturated heterocycles. The topological polar surface area (TPSA) is 38.9 Å². The monoisotopic (exact) mass is 600 g/mol. The number of nitrogens with zero attached hydrogens (tertiary/aromatic N) is 2. The molecule has 0 saturated carbocycles. The van der Waals surface area contributed by atoms with Gasteiger partial charge in [-0.05, 0) is 70.1 Å². The molecule has 0 aliphatic rings. The molecule has 0 fully saturated rings. The van der Waals surface area contributed by atoms with E-state index in [0.29, 0.717) is 5.82 Å². The molecule has 2 heterocycles. The van der Waals surface area contributed by atoms with Crippen LogP contribution < -0.4 is 0 Å². The molecule has 0 bridgehead atoms. The van der Waals surface area contributed by atoms with Gasteiger partial charge >= 0.3 is 0 Å². The van der Waals surface area contributed by atoms with Crippen molar-refractivity contribution in [2.24, 2.45) is 0 Å². The quantitative estimate of drug-likeness (QED) is 0.197. The van der Waals surface area contributed by atoms with Gasteiger partial charge in [0.2, 0.25) is 0 Å². The Balaban J connectivity index is 1.25. The Morgan fingerprint density at radius 1 is 0.340 bits per heavy atom. The average molecular weight is 601 g/mol. The van der Waals surface area contributed by atoms with Gasteiger partial charge in [-0.25, -0.2) is 9.97 Å². The van der Waals surface area contributed by atoms with Crippen LogP contribution in [0.1, 0.15) is 0 Å². The van der Waals surface area contributed by atoms with E-state index >= 15 is 0 Å². The first-order valence-electron chi connectivity index (χ1n) is 15.8. The summed E-state index contributed by atoms with van der Waals surface area (Å²) in [6, 6.07) is 59.1. The SMILES string of the molecule is c1ccc(-c2cc(-c3ccc4c(c3)oc3c5ccccc5ccc43)cc(-c3cc(-c4ccccc4)nc(-c4ccccc4)n3)c2)cc1. The second-order valence-corrected chi connectivity index (χ2v) is 11.8. The van der Waals surface area contributed by atoms with Gasteiger partial charge in [-0.15, -0.1) is 0 Å². The molecule has 2 aromatic heterocycles. The fourth-order valence-corrected chi connectivity index (χ4v) is 6.49. The molecule has 0 aliphatic carbocycles. The molecule has 9 rings (SSSR count). The first-order chi connectivity index (χ1) is 23.3. The molecule has 47 heavy (non-hydrogen) atoms. The van der Waals surface area contributed by atoms with Crippen molar-refractivity contribution in [1.82, 2.24) is 9.97 Å². The smallest absolute Gasteiger partial charge is 0.160 e. The maximum atomic E-state index is 6.57. The van der Waals surface area contributed by atoms with Crippen LogP contribution in [-0.4, -0.2) is 9.97 Å². The Bertz CT molecular complexity index is 2500. The lowest BCUT2D eigenvalue weighted by atomic mass is 9.94. The lowest BCUT2D eigenvalue weighted by Gasteiger charge is -2.13. The van der Waals surface area contributed by atoms with Crippen LogP contribution in [-0.2, 0) is 0 Å². The molecule has 0 N–H and O–H groups in total. The second kappa shape index (κ2) is 11.2. The molecule has 0 amide bonds. The van der Waals surface area contributed by atoms with E-state index in [2.05, 4.69) is 133 Å². The summed E-state index contributed by atoms with van der Waals surface area (Å²) in [5.41, 5.74) is 11.1. The van der Waals surface area contributed by atoms with Crippen LogP contribution in [0.3, 0.4) is 0 Å². The molecule has 0 radical (unpaired) electrons. The molecule has 3 nitrogen and oxygen atoms in total. The third kappa shape index (κ3) is 4.95. The van der Waals surface area contributed by atoms with E-state index in [-0.39, 0.29) is 0 Å². The summed E-state index contributed by atoms with van der Waals surface area (Å²) in [6.07, 6.45) is 0. The number of aromatic nitrogens is 2. The molecule has 0 spiro atoms. The fourth-order valence-electron chi connectivity index (χ4n) is 6.49. The summed E-state index contributed by atoms with van der Waals surface area (Å²) in [6.45, 7) is 0. The lowest BCUT2D eigenvalue weighted by molar-refractivity contribution is 0.673. The van der Waals surface area contributed by atoms with Crippen LogP contribution in [0.4, 0.5) is 0 Å². The zero-order valence-corrected chi connectivity index (χ0v) is 25.5. The number of rotatable bonds is 5. The van der Waals surface area contributed by atoms with Gasteiger partial charge < -0.3 is 4.42 Å². The van der Waals surface area contributed by atoms with Gasteiger partial charge in [0, 0.05) is 32.8 Å². The van der Waals surface area contributed by atoms with Crippen molar-refractivity contribution in [3.63, 3.8) is 0 Å². The maximum absolute atomic E-state index is 6.57. The Kier molecular flexibility index (Phi) is 6.46. The molecule has 7 aromatic carbocycles. The van der Waals surface area contributed by atoms with E-state index in [1.54, 1.807) is 0 Å². The third-order valence-corrected chi connectivity index (χ3v) is 8.86. The van der Waals surface area contributed by atoms with E-state index in [0.717, 1.165) is 77.7 Å². The Morgan fingerprint density at radius 2 is 0.915 bits per heavy atom. The Hall–Kier alpha value is -6.32. The van der Waals surface area contributed by atoms with Gasteiger partial charge in [-0.3, -0.25) is 0 Å². The van der Waals surface area contributed by atoms with E-state index < -0.39 is 0 Å². The molecular weight excluding hydrogens is 572 g/mol. The number of fused-ring (bicyclic) bond motifs is 5. The van der Waals surface area contributed by atoms with Gasteiger partial charge in [0.1, 0.15) is 11.2 Å². The Morgan fingerprint density at radius 3 is 1.66 bits per heavy atom. The van der Waals surface area contributed by atoms with Gasteiger partial charge in [0.25, 0.3) is 0 Å². The summed E-state index contributed by atoms with van der Waals surface area (Å²) >= 11 is 0. The normalized spacial score (nSPS) is 11.4. The van der Waals surface area contributed by atoms with Crippen LogP contribution in [0, 0.1) is 0 Å². The molecule has 220 valence electrons. The van der Waals surface area contributed by atoms with Crippen molar-refractivity contribution in [3.8, 4) is 56.2 Å². The van der Waals surface area contributed by atoms with Crippen molar-refractivity contribution in [2.75, 3.05) is 0 Å². The second-order valence-electron chi connectivity index (χ2n) is 11.8. The minimum atomic E-state index is 0.699. The van der Waals surface area contributed by atoms with Crippen molar-refractivity contribution < 1.29 is 4.42 Å². The van der Waals surface area contributed by atoms with Crippen molar-refractivity contribution in [3.05, 3.63) is 170 Å². The summed E-state index contributed by atoms with van der Waals surface area (Å²) in [7, 11) is 0. The van der Waals surface area contributed by atoms with Crippen LogP contribution in [0.2, 0.25) is 0 Å². The number of hydrogen-bond acceptors (Lipinski definition) is 3. The molecule has 0 unspecified atom stereocenters. The first kappa shape index (κ1) is 27.0. The summed E-state index contributed by atoms with van der Waals surface area (Å²) in [5, 5.41) is 4.55. The van der Waals surface area contributed by atoms with Crippen LogP contribution >= 0.6 is 0 Å². The van der Waals surface area contributed by atoms with E-state index in [1.165, 1.54) is 5.39 Å². The van der Waals surface area contributed by atoms with Crippen molar-refractivity contribution >= 4 is 32.7 Å². The molecule has 0 atom stereocenters. The van der Waals surface area contributed by atoms with E-state index in [4.69, 9.17) is 14.4 Å². The summed E-state index contributed by atoms with van der Waals surface area (Å²) in [4.78, 5) is 10.2. The number of hydrogen-bond donors (Lipinski definition) is 0. The van der Waals surface area contributed by atoms with Crippen LogP contribution in [0.15, 0.2) is 174 Å². The Labute approximate surface area is 272 Å². The van der Waals surface area contributed by atoms with E-state index in [1.807, 2.05) is 36.4 Å². The molecule has 0 aliphatic heterocycles. The largest absolute Gasteiger partial charge is 0.455 e. The lowest BCUT2D eigenvalue weighted by Crippen LogP contribution is -1.96. The van der Waals surface area contributed by atoms with Crippen LogP contribution in [0.25, 0.3) is 88.9 Å². The number of benzene rings is 7.